The molecule has 46 heavy (non-hydrogen) atoms. The van der Waals surface area contributed by atoms with Gasteiger partial charge in [-0.25, -0.2) is 12.8 Å². The van der Waals surface area contributed by atoms with Gasteiger partial charge in [0.25, 0.3) is 0 Å². The zero-order valence-electron chi connectivity index (χ0n) is 26.0. The maximum atomic E-state index is 15.6. The van der Waals surface area contributed by atoms with Crippen molar-refractivity contribution in [3.05, 3.63) is 106 Å². The monoisotopic (exact) mass is 648 g/mol. The molecule has 4 aromatic rings. The van der Waals surface area contributed by atoms with Crippen molar-refractivity contribution < 1.29 is 41.7 Å². The van der Waals surface area contributed by atoms with E-state index in [2.05, 4.69) is 0 Å². The predicted molar refractivity (Wildman–Crippen MR) is 173 cm³/mol. The second kappa shape index (κ2) is 14.2. The minimum absolute atomic E-state index is 0.0188. The van der Waals surface area contributed by atoms with E-state index in [1.54, 1.807) is 24.3 Å². The Hall–Kier alpha value is -4.57. The number of hydrogen-bond donors (Lipinski definition) is 1. The lowest BCUT2D eigenvalue weighted by Crippen LogP contribution is -2.08. The molecular formula is C36H37FO8S. The first-order valence-electron chi connectivity index (χ1n) is 15.0. The molecule has 5 rings (SSSR count). The lowest BCUT2D eigenvalue weighted by molar-refractivity contribution is -0.137. The Morgan fingerprint density at radius 2 is 1.67 bits per heavy atom. The molecule has 1 unspecified atom stereocenters. The van der Waals surface area contributed by atoms with E-state index in [0.29, 0.717) is 40.5 Å². The van der Waals surface area contributed by atoms with E-state index in [1.165, 1.54) is 12.3 Å². The van der Waals surface area contributed by atoms with Crippen molar-refractivity contribution in [3.8, 4) is 34.1 Å². The second-order valence-electron chi connectivity index (χ2n) is 11.6. The molecule has 1 heterocycles. The first-order chi connectivity index (χ1) is 22.0. The van der Waals surface area contributed by atoms with E-state index < -0.39 is 21.6 Å². The Kier molecular flexibility index (Phi) is 10.2. The zero-order valence-corrected chi connectivity index (χ0v) is 26.9. The smallest absolute Gasteiger partial charge is 0.304 e. The van der Waals surface area contributed by atoms with Gasteiger partial charge < -0.3 is 24.1 Å². The summed E-state index contributed by atoms with van der Waals surface area (Å²) in [6, 6.07) is 21.8. The Morgan fingerprint density at radius 1 is 0.935 bits per heavy atom. The van der Waals surface area contributed by atoms with Gasteiger partial charge in [-0.1, -0.05) is 36.4 Å². The van der Waals surface area contributed by atoms with Crippen LogP contribution >= 0.6 is 0 Å². The lowest BCUT2D eigenvalue weighted by atomic mass is 9.93. The molecule has 1 aliphatic rings. The molecule has 0 fully saturated rings. The largest absolute Gasteiger partial charge is 0.494 e. The second-order valence-corrected chi connectivity index (χ2v) is 13.8. The number of aryl methyl sites for hydroxylation is 2. The highest BCUT2D eigenvalue weighted by molar-refractivity contribution is 7.90. The van der Waals surface area contributed by atoms with E-state index in [9.17, 15) is 18.3 Å². The van der Waals surface area contributed by atoms with Gasteiger partial charge in [0, 0.05) is 41.0 Å². The van der Waals surface area contributed by atoms with Crippen LogP contribution in [0.2, 0.25) is 0 Å². The van der Waals surface area contributed by atoms with Gasteiger partial charge in [-0.15, -0.1) is 0 Å². The Labute approximate surface area is 268 Å². The van der Waals surface area contributed by atoms with Crippen LogP contribution in [0.4, 0.5) is 4.39 Å². The van der Waals surface area contributed by atoms with Crippen LogP contribution in [0.3, 0.4) is 0 Å². The highest BCUT2D eigenvalue weighted by atomic mass is 32.2. The van der Waals surface area contributed by atoms with Crippen molar-refractivity contribution in [3.63, 3.8) is 0 Å². The van der Waals surface area contributed by atoms with Gasteiger partial charge in [0.15, 0.2) is 0 Å². The van der Waals surface area contributed by atoms with Crippen molar-refractivity contribution in [2.24, 2.45) is 0 Å². The van der Waals surface area contributed by atoms with Crippen LogP contribution in [0, 0.1) is 19.7 Å². The highest BCUT2D eigenvalue weighted by Gasteiger charge is 2.27. The first kappa shape index (κ1) is 32.8. The first-order valence-corrected chi connectivity index (χ1v) is 17.1. The summed E-state index contributed by atoms with van der Waals surface area (Å²) < 4.78 is 62.3. The number of carbonyl (C=O) groups is 1. The molecule has 242 valence electrons. The molecule has 4 aromatic carbocycles. The number of sulfone groups is 1. The minimum Gasteiger partial charge on any atom is -0.494 e. The number of fused-ring (bicyclic) bond motifs is 1. The predicted octanol–water partition coefficient (Wildman–Crippen LogP) is 7.03. The standard InChI is InChI=1S/C36H37FO8S/c1-23-14-29(42-12-7-13-46(3,40)41)15-24(2)36(23)31-16-27(32(37)19-34(31)44-20-25-8-5-4-6-9-25)22-43-28-10-11-30-26(17-35(38)39)21-45-33(30)18-28/h4-6,8-11,14-16,18-19,26H,7,12-13,17,20-22H2,1-3H3,(H,38,39). The molecule has 1 atom stereocenters. The third kappa shape index (κ3) is 8.37. The van der Waals surface area contributed by atoms with Gasteiger partial charge in [0.1, 0.15) is 51.9 Å². The molecule has 0 bridgehead atoms. The summed E-state index contributed by atoms with van der Waals surface area (Å²) in [4.78, 5) is 11.2. The SMILES string of the molecule is Cc1cc(OCCCS(C)(=O)=O)cc(C)c1-c1cc(COc2ccc3c(c2)OCC3CC(=O)O)c(F)cc1OCc1ccccc1. The quantitative estimate of drug-likeness (QED) is 0.145. The summed E-state index contributed by atoms with van der Waals surface area (Å²) in [7, 11) is -3.07. The molecule has 0 radical (unpaired) electrons. The number of hydrogen-bond acceptors (Lipinski definition) is 7. The van der Waals surface area contributed by atoms with Gasteiger partial charge in [-0.2, -0.15) is 0 Å². The third-order valence-electron chi connectivity index (χ3n) is 7.77. The van der Waals surface area contributed by atoms with Gasteiger partial charge in [0.05, 0.1) is 25.4 Å². The number of carboxylic acid groups (broad SMARTS) is 1. The molecule has 8 nitrogen and oxygen atoms in total. The van der Waals surface area contributed by atoms with Gasteiger partial charge in [0.2, 0.25) is 0 Å². The van der Waals surface area contributed by atoms with Crippen LogP contribution < -0.4 is 18.9 Å². The fourth-order valence-electron chi connectivity index (χ4n) is 5.59. The average molecular weight is 649 g/mol. The fraction of sp³-hybridized carbons (Fsp3) is 0.306. The number of halogens is 1. The van der Waals surface area contributed by atoms with E-state index >= 15 is 4.39 Å². The topological polar surface area (TPSA) is 108 Å². The van der Waals surface area contributed by atoms with Gasteiger partial charge in [-0.05, 0) is 66.8 Å². The number of rotatable bonds is 14. The molecule has 0 spiro atoms. The number of carboxylic acids is 1. The maximum absolute atomic E-state index is 15.6. The summed E-state index contributed by atoms with van der Waals surface area (Å²) in [5.74, 6) is 0.510. The Balaban J connectivity index is 1.40. The summed E-state index contributed by atoms with van der Waals surface area (Å²) in [5, 5.41) is 9.17. The summed E-state index contributed by atoms with van der Waals surface area (Å²) >= 11 is 0. The van der Waals surface area contributed by atoms with Crippen molar-refractivity contribution in [1.82, 2.24) is 0 Å². The highest BCUT2D eigenvalue weighted by Crippen LogP contribution is 2.40. The zero-order chi connectivity index (χ0) is 32.8. The fourth-order valence-corrected chi connectivity index (χ4v) is 6.23. The Bertz CT molecular complexity index is 1800. The van der Waals surface area contributed by atoms with Crippen LogP contribution in [0.1, 0.15) is 46.6 Å². The van der Waals surface area contributed by atoms with Crippen molar-refractivity contribution in [2.45, 2.75) is 45.8 Å². The van der Waals surface area contributed by atoms with E-state index in [4.69, 9.17) is 18.9 Å². The normalized spacial score (nSPS) is 14.0. The van der Waals surface area contributed by atoms with Crippen molar-refractivity contribution >= 4 is 15.8 Å². The third-order valence-corrected chi connectivity index (χ3v) is 8.80. The van der Waals surface area contributed by atoms with Crippen LogP contribution in [0.5, 0.6) is 23.0 Å². The molecule has 1 N–H and O–H groups in total. The van der Waals surface area contributed by atoms with E-state index in [-0.39, 0.29) is 44.5 Å². The summed E-state index contributed by atoms with van der Waals surface area (Å²) in [6.45, 7) is 4.62. The van der Waals surface area contributed by atoms with Gasteiger partial charge in [-0.3, -0.25) is 4.79 Å². The summed E-state index contributed by atoms with van der Waals surface area (Å²) in [6.07, 6.45) is 1.57. The van der Waals surface area contributed by atoms with Crippen molar-refractivity contribution in [2.75, 3.05) is 25.2 Å². The number of benzene rings is 4. The van der Waals surface area contributed by atoms with Crippen molar-refractivity contribution in [1.29, 1.82) is 0 Å². The molecule has 1 aliphatic heterocycles. The average Bonchev–Trinajstić information content (AvgIpc) is 3.39. The molecular weight excluding hydrogens is 611 g/mol. The van der Waals surface area contributed by atoms with Crippen LogP contribution in [0.15, 0.2) is 72.8 Å². The van der Waals surface area contributed by atoms with Gasteiger partial charge >= 0.3 is 5.97 Å². The van der Waals surface area contributed by atoms with Crippen LogP contribution in [0.25, 0.3) is 11.1 Å². The molecule has 0 aliphatic carbocycles. The molecule has 10 heteroatoms. The van der Waals surface area contributed by atoms with Crippen LogP contribution in [-0.2, 0) is 27.8 Å². The Morgan fingerprint density at radius 3 is 2.37 bits per heavy atom. The molecule has 0 amide bonds. The van der Waals surface area contributed by atoms with Crippen LogP contribution in [-0.4, -0.2) is 44.7 Å². The summed E-state index contributed by atoms with van der Waals surface area (Å²) in [5.41, 5.74) is 5.41. The lowest BCUT2D eigenvalue weighted by Gasteiger charge is -2.19. The number of ether oxygens (including phenoxy) is 4. The maximum Gasteiger partial charge on any atom is 0.304 e. The molecule has 0 aromatic heterocycles. The van der Waals surface area contributed by atoms with E-state index in [1.807, 2.05) is 56.3 Å². The molecule has 0 saturated carbocycles. The minimum atomic E-state index is -3.07. The van der Waals surface area contributed by atoms with E-state index in [0.717, 1.165) is 27.8 Å². The number of aliphatic carboxylic acids is 1. The molecule has 0 saturated heterocycles.